The van der Waals surface area contributed by atoms with E-state index < -0.39 is 0 Å². The van der Waals surface area contributed by atoms with Crippen LogP contribution in [0, 0.1) is 5.92 Å². The molecule has 0 bridgehead atoms. The molecule has 5 heteroatoms. The van der Waals surface area contributed by atoms with Gasteiger partial charge in [-0.25, -0.2) is 0 Å². The molecule has 110 valence electrons. The molecule has 18 heavy (non-hydrogen) atoms. The predicted molar refractivity (Wildman–Crippen MR) is 89.9 cm³/mol. The summed E-state index contributed by atoms with van der Waals surface area (Å²) in [6.07, 6.45) is 2.21. The largest absolute Gasteiger partial charge is 0.380 e. The third kappa shape index (κ3) is 12.4. The molecule has 0 saturated heterocycles. The fraction of sp³-hybridized carbons (Fsp3) is 0.923. The highest BCUT2D eigenvalue weighted by atomic mass is 127. The number of hydrogen-bond donors (Lipinski definition) is 2. The first-order chi connectivity index (χ1) is 8.10. The minimum atomic E-state index is 0. The van der Waals surface area contributed by atoms with E-state index in [1.54, 1.807) is 7.05 Å². The van der Waals surface area contributed by atoms with Gasteiger partial charge in [0.2, 0.25) is 0 Å². The molecule has 0 aromatic heterocycles. The highest BCUT2D eigenvalue weighted by Gasteiger charge is 2.01. The van der Waals surface area contributed by atoms with Crippen molar-refractivity contribution in [3.63, 3.8) is 0 Å². The number of nitrogens with one attached hydrogen (secondary N) is 2. The van der Waals surface area contributed by atoms with Gasteiger partial charge in [0.15, 0.2) is 5.96 Å². The van der Waals surface area contributed by atoms with Gasteiger partial charge in [-0.15, -0.1) is 24.0 Å². The number of guanidine groups is 1. The van der Waals surface area contributed by atoms with Crippen molar-refractivity contribution in [2.45, 2.75) is 46.6 Å². The summed E-state index contributed by atoms with van der Waals surface area (Å²) in [5.74, 6) is 1.56. The normalized spacial score (nSPS) is 13.1. The smallest absolute Gasteiger partial charge is 0.191 e. The molecule has 0 aromatic carbocycles. The Bertz CT molecular complexity index is 210. The van der Waals surface area contributed by atoms with Crippen LogP contribution in [0.1, 0.15) is 40.5 Å². The van der Waals surface area contributed by atoms with E-state index in [9.17, 15) is 0 Å². The second-order valence-electron chi connectivity index (χ2n) is 4.75. The molecule has 2 N–H and O–H groups in total. The van der Waals surface area contributed by atoms with E-state index in [4.69, 9.17) is 4.74 Å². The fourth-order valence-corrected chi connectivity index (χ4v) is 1.19. The number of aliphatic imine (C=N–C) groups is 1. The summed E-state index contributed by atoms with van der Waals surface area (Å²) in [7, 11) is 1.79. The van der Waals surface area contributed by atoms with Gasteiger partial charge < -0.3 is 15.4 Å². The minimum absolute atomic E-state index is 0. The van der Waals surface area contributed by atoms with Crippen LogP contribution in [0.2, 0.25) is 0 Å². The zero-order valence-corrected chi connectivity index (χ0v) is 14.8. The molecule has 0 spiro atoms. The highest BCUT2D eigenvalue weighted by Crippen LogP contribution is 1.98. The van der Waals surface area contributed by atoms with E-state index in [1.807, 2.05) is 0 Å². The quantitative estimate of drug-likeness (QED) is 0.298. The summed E-state index contributed by atoms with van der Waals surface area (Å²) < 4.78 is 5.53. The third-order valence-corrected chi connectivity index (χ3v) is 2.60. The van der Waals surface area contributed by atoms with Crippen molar-refractivity contribution in [1.82, 2.24) is 10.6 Å². The van der Waals surface area contributed by atoms with Crippen LogP contribution in [0.15, 0.2) is 4.99 Å². The van der Waals surface area contributed by atoms with E-state index in [0.29, 0.717) is 12.0 Å². The third-order valence-electron chi connectivity index (χ3n) is 2.60. The number of ether oxygens (including phenoxy) is 1. The molecule has 1 atom stereocenters. The lowest BCUT2D eigenvalue weighted by atomic mass is 10.1. The zero-order valence-electron chi connectivity index (χ0n) is 12.5. The van der Waals surface area contributed by atoms with Crippen LogP contribution in [0.25, 0.3) is 0 Å². The lowest BCUT2D eigenvalue weighted by molar-refractivity contribution is 0.128. The van der Waals surface area contributed by atoms with E-state index in [0.717, 1.165) is 38.6 Å². The van der Waals surface area contributed by atoms with Gasteiger partial charge in [-0.1, -0.05) is 20.8 Å². The second-order valence-corrected chi connectivity index (χ2v) is 4.75. The van der Waals surface area contributed by atoms with Crippen LogP contribution >= 0.6 is 24.0 Å². The van der Waals surface area contributed by atoms with E-state index >= 15 is 0 Å². The molecule has 0 aromatic rings. The van der Waals surface area contributed by atoms with Gasteiger partial charge in [-0.3, -0.25) is 4.99 Å². The lowest BCUT2D eigenvalue weighted by Gasteiger charge is -2.16. The van der Waals surface area contributed by atoms with E-state index in [1.165, 1.54) is 0 Å². The predicted octanol–water partition coefficient (Wildman–Crippen LogP) is 2.63. The molecule has 0 heterocycles. The summed E-state index contributed by atoms with van der Waals surface area (Å²) in [6.45, 7) is 11.1. The lowest BCUT2D eigenvalue weighted by Crippen LogP contribution is -2.43. The molecule has 4 nitrogen and oxygen atoms in total. The SMILES string of the molecule is CCC(C)NC(=NC)NCCOCCC(C)C.I. The topological polar surface area (TPSA) is 45.7 Å². The Morgan fingerprint density at radius 3 is 2.39 bits per heavy atom. The summed E-state index contributed by atoms with van der Waals surface area (Å²) in [5, 5.41) is 6.55. The average Bonchev–Trinajstić information content (AvgIpc) is 2.31. The van der Waals surface area contributed by atoms with E-state index in [2.05, 4.69) is 43.3 Å². The van der Waals surface area contributed by atoms with Crippen molar-refractivity contribution < 1.29 is 4.74 Å². The maximum absolute atomic E-state index is 5.53. The summed E-state index contributed by atoms with van der Waals surface area (Å²) in [6, 6.07) is 0.447. The summed E-state index contributed by atoms with van der Waals surface area (Å²) in [4.78, 5) is 4.16. The molecule has 0 saturated carbocycles. The number of hydrogen-bond acceptors (Lipinski definition) is 2. The molecule has 0 aliphatic heterocycles. The summed E-state index contributed by atoms with van der Waals surface area (Å²) in [5.41, 5.74) is 0. The Balaban J connectivity index is 0. The molecule has 0 fully saturated rings. The first kappa shape index (κ1) is 20.3. The van der Waals surface area contributed by atoms with Crippen molar-refractivity contribution in [3.05, 3.63) is 0 Å². The van der Waals surface area contributed by atoms with Gasteiger partial charge >= 0.3 is 0 Å². The van der Waals surface area contributed by atoms with Gasteiger partial charge in [0.1, 0.15) is 0 Å². The van der Waals surface area contributed by atoms with Crippen molar-refractivity contribution in [2.24, 2.45) is 10.9 Å². The number of rotatable bonds is 8. The molecule has 0 rings (SSSR count). The van der Waals surface area contributed by atoms with Crippen molar-refractivity contribution in [1.29, 1.82) is 0 Å². The number of nitrogens with zero attached hydrogens (tertiary/aromatic N) is 1. The Kier molecular flexibility index (Phi) is 15.1. The van der Waals surface area contributed by atoms with Crippen LogP contribution in [-0.4, -0.2) is 38.8 Å². The maximum atomic E-state index is 5.53. The molecular weight excluding hydrogens is 341 g/mol. The van der Waals surface area contributed by atoms with Crippen molar-refractivity contribution >= 4 is 29.9 Å². The average molecular weight is 371 g/mol. The van der Waals surface area contributed by atoms with Crippen LogP contribution in [0.5, 0.6) is 0 Å². The molecule has 0 radical (unpaired) electrons. The van der Waals surface area contributed by atoms with Crippen LogP contribution in [0.3, 0.4) is 0 Å². The van der Waals surface area contributed by atoms with Crippen LogP contribution in [-0.2, 0) is 4.74 Å². The monoisotopic (exact) mass is 371 g/mol. The molecule has 1 unspecified atom stereocenters. The Hall–Kier alpha value is -0.0400. The molecular formula is C13H30IN3O. The van der Waals surface area contributed by atoms with Gasteiger partial charge in [0.05, 0.1) is 6.61 Å². The Morgan fingerprint density at radius 1 is 1.22 bits per heavy atom. The second kappa shape index (κ2) is 13.4. The minimum Gasteiger partial charge on any atom is -0.380 e. The highest BCUT2D eigenvalue weighted by molar-refractivity contribution is 14.0. The first-order valence-corrected chi connectivity index (χ1v) is 6.65. The van der Waals surface area contributed by atoms with Gasteiger partial charge in [-0.2, -0.15) is 0 Å². The van der Waals surface area contributed by atoms with Gasteiger partial charge in [-0.05, 0) is 25.7 Å². The van der Waals surface area contributed by atoms with Crippen molar-refractivity contribution in [3.8, 4) is 0 Å². The van der Waals surface area contributed by atoms with Gasteiger partial charge in [0.25, 0.3) is 0 Å². The zero-order chi connectivity index (χ0) is 13.1. The Morgan fingerprint density at radius 2 is 1.89 bits per heavy atom. The summed E-state index contributed by atoms with van der Waals surface area (Å²) >= 11 is 0. The Labute approximate surface area is 129 Å². The number of halogens is 1. The molecule has 0 aliphatic carbocycles. The van der Waals surface area contributed by atoms with E-state index in [-0.39, 0.29) is 24.0 Å². The first-order valence-electron chi connectivity index (χ1n) is 6.65. The maximum Gasteiger partial charge on any atom is 0.191 e. The fourth-order valence-electron chi connectivity index (χ4n) is 1.19. The standard InChI is InChI=1S/C13H29N3O.HI/c1-6-12(4)16-13(14-5)15-8-10-17-9-7-11(2)3;/h11-12H,6-10H2,1-5H3,(H2,14,15,16);1H. The van der Waals surface area contributed by atoms with Crippen LogP contribution < -0.4 is 10.6 Å². The van der Waals surface area contributed by atoms with Crippen LogP contribution in [0.4, 0.5) is 0 Å². The van der Waals surface area contributed by atoms with Gasteiger partial charge in [0, 0.05) is 26.2 Å². The molecule has 0 amide bonds. The molecule has 0 aliphatic rings. The van der Waals surface area contributed by atoms with Crippen molar-refractivity contribution in [2.75, 3.05) is 26.8 Å².